The third kappa shape index (κ3) is 2.50. The Labute approximate surface area is 186 Å². The number of hydrogen-bond donors (Lipinski definition) is 0. The Morgan fingerprint density at radius 2 is 0.781 bits per heavy atom. The lowest BCUT2D eigenvalue weighted by Gasteiger charge is -2.06. The SMILES string of the molecule is C1=Cc2c3ccccc3cc3cccc1c23.C1=Cc2c3ccccc3cc3cccc1c23. The Bertz CT molecular complexity index is 1630. The fourth-order valence-electron chi connectivity index (χ4n) is 5.35. The molecule has 2 aliphatic rings. The van der Waals surface area contributed by atoms with Crippen molar-refractivity contribution in [1.29, 1.82) is 0 Å². The molecule has 6 aromatic rings. The molecule has 8 rings (SSSR count). The summed E-state index contributed by atoms with van der Waals surface area (Å²) in [4.78, 5) is 0. The highest BCUT2D eigenvalue weighted by Gasteiger charge is 2.12. The quantitative estimate of drug-likeness (QED) is 0.221. The van der Waals surface area contributed by atoms with E-state index in [4.69, 9.17) is 0 Å². The zero-order chi connectivity index (χ0) is 21.1. The maximum atomic E-state index is 2.28. The summed E-state index contributed by atoms with van der Waals surface area (Å²) < 4.78 is 0. The summed E-state index contributed by atoms with van der Waals surface area (Å²) in [5.74, 6) is 0. The van der Waals surface area contributed by atoms with Crippen LogP contribution in [0.25, 0.3) is 67.4 Å². The van der Waals surface area contributed by atoms with E-state index in [9.17, 15) is 0 Å². The third-order valence-corrected chi connectivity index (χ3v) is 6.78. The van der Waals surface area contributed by atoms with E-state index < -0.39 is 0 Å². The Kier molecular flexibility index (Phi) is 3.65. The number of benzene rings is 6. The normalized spacial score (nSPS) is 12.8. The van der Waals surface area contributed by atoms with Crippen molar-refractivity contribution in [3.05, 3.63) is 119 Å². The monoisotopic (exact) mass is 404 g/mol. The first-order chi connectivity index (χ1) is 15.9. The Balaban J connectivity index is 0.000000113. The average molecular weight is 405 g/mol. The van der Waals surface area contributed by atoms with E-state index >= 15 is 0 Å². The molecule has 0 heterocycles. The van der Waals surface area contributed by atoms with Crippen LogP contribution in [0.3, 0.4) is 0 Å². The van der Waals surface area contributed by atoms with Gasteiger partial charge in [0, 0.05) is 0 Å². The van der Waals surface area contributed by atoms with Gasteiger partial charge in [-0.3, -0.25) is 0 Å². The summed E-state index contributed by atoms with van der Waals surface area (Å²) >= 11 is 0. The van der Waals surface area contributed by atoms with Crippen LogP contribution in [-0.4, -0.2) is 0 Å². The molecule has 0 nitrogen and oxygen atoms in total. The largest absolute Gasteiger partial charge is 0.0616 e. The predicted octanol–water partition coefficient (Wildman–Crippen LogP) is 8.95. The molecule has 32 heavy (non-hydrogen) atoms. The van der Waals surface area contributed by atoms with Crippen LogP contribution in [0.5, 0.6) is 0 Å². The van der Waals surface area contributed by atoms with E-state index in [1.165, 1.54) is 65.3 Å². The van der Waals surface area contributed by atoms with Gasteiger partial charge in [0.2, 0.25) is 0 Å². The maximum Gasteiger partial charge on any atom is -0.00324 e. The minimum Gasteiger partial charge on any atom is -0.0616 e. The van der Waals surface area contributed by atoms with E-state index in [-0.39, 0.29) is 0 Å². The predicted molar refractivity (Wildman–Crippen MR) is 141 cm³/mol. The number of fused-ring (bicyclic) bond motifs is 4. The minimum absolute atomic E-state index is 1.33. The fraction of sp³-hybridized carbons (Fsp3) is 0. The van der Waals surface area contributed by atoms with Crippen molar-refractivity contribution in [2.75, 3.05) is 0 Å². The van der Waals surface area contributed by atoms with Crippen molar-refractivity contribution >= 4 is 67.4 Å². The van der Waals surface area contributed by atoms with Crippen LogP contribution in [0.15, 0.2) is 97.1 Å². The topological polar surface area (TPSA) is 0 Å². The lowest BCUT2D eigenvalue weighted by molar-refractivity contribution is 1.74. The van der Waals surface area contributed by atoms with Crippen LogP contribution in [0.2, 0.25) is 0 Å². The Morgan fingerprint density at radius 3 is 1.28 bits per heavy atom. The second-order valence-electron chi connectivity index (χ2n) is 8.58. The zero-order valence-corrected chi connectivity index (χ0v) is 17.5. The Morgan fingerprint density at radius 1 is 0.344 bits per heavy atom. The van der Waals surface area contributed by atoms with Gasteiger partial charge >= 0.3 is 0 Å². The first-order valence-corrected chi connectivity index (χ1v) is 11.1. The molecule has 2 aliphatic carbocycles. The van der Waals surface area contributed by atoms with Crippen LogP contribution in [-0.2, 0) is 0 Å². The molecule has 0 spiro atoms. The molecule has 0 amide bonds. The summed E-state index contributed by atoms with van der Waals surface area (Å²) in [5, 5.41) is 10.9. The van der Waals surface area contributed by atoms with Gasteiger partial charge in [-0.25, -0.2) is 0 Å². The van der Waals surface area contributed by atoms with Crippen molar-refractivity contribution in [2.45, 2.75) is 0 Å². The molecule has 0 atom stereocenters. The van der Waals surface area contributed by atoms with Gasteiger partial charge in [-0.05, 0) is 77.5 Å². The van der Waals surface area contributed by atoms with Crippen LogP contribution >= 0.6 is 0 Å². The molecule has 0 saturated heterocycles. The molecule has 0 aliphatic heterocycles. The van der Waals surface area contributed by atoms with E-state index in [0.717, 1.165) is 0 Å². The third-order valence-electron chi connectivity index (χ3n) is 6.78. The van der Waals surface area contributed by atoms with Crippen LogP contribution in [0, 0.1) is 0 Å². The summed E-state index contributed by atoms with van der Waals surface area (Å²) in [6, 6.07) is 34.8. The second kappa shape index (κ2) is 6.67. The van der Waals surface area contributed by atoms with E-state index in [2.05, 4.69) is 121 Å². The molecule has 0 radical (unpaired) electrons. The molecule has 148 valence electrons. The molecular weight excluding hydrogens is 384 g/mol. The van der Waals surface area contributed by atoms with E-state index in [1.54, 1.807) is 0 Å². The molecule has 0 unspecified atom stereocenters. The molecule has 0 aromatic heterocycles. The van der Waals surface area contributed by atoms with Gasteiger partial charge < -0.3 is 0 Å². The van der Waals surface area contributed by atoms with Crippen molar-refractivity contribution in [3.63, 3.8) is 0 Å². The van der Waals surface area contributed by atoms with Gasteiger partial charge in [-0.15, -0.1) is 0 Å². The van der Waals surface area contributed by atoms with E-state index in [0.29, 0.717) is 0 Å². The molecule has 0 N–H and O–H groups in total. The highest BCUT2D eigenvalue weighted by Crippen LogP contribution is 2.37. The fourth-order valence-corrected chi connectivity index (χ4v) is 5.35. The number of hydrogen-bond acceptors (Lipinski definition) is 0. The molecular formula is C32H20. The highest BCUT2D eigenvalue weighted by molar-refractivity contribution is 6.15. The summed E-state index contributed by atoms with van der Waals surface area (Å²) in [7, 11) is 0. The lowest BCUT2D eigenvalue weighted by Crippen LogP contribution is -1.81. The van der Waals surface area contributed by atoms with Gasteiger partial charge in [-0.2, -0.15) is 0 Å². The smallest absolute Gasteiger partial charge is 0.00324 e. The molecule has 0 fully saturated rings. The van der Waals surface area contributed by atoms with Gasteiger partial charge in [0.25, 0.3) is 0 Å². The lowest BCUT2D eigenvalue weighted by atomic mass is 9.98. The maximum absolute atomic E-state index is 2.28. The zero-order valence-electron chi connectivity index (χ0n) is 17.5. The first-order valence-electron chi connectivity index (χ1n) is 11.1. The van der Waals surface area contributed by atoms with Gasteiger partial charge in [-0.1, -0.05) is 109 Å². The molecule has 0 saturated carbocycles. The van der Waals surface area contributed by atoms with Gasteiger partial charge in [0.15, 0.2) is 0 Å². The minimum atomic E-state index is 1.33. The van der Waals surface area contributed by atoms with Crippen LogP contribution < -0.4 is 0 Å². The van der Waals surface area contributed by atoms with Gasteiger partial charge in [0.05, 0.1) is 0 Å². The van der Waals surface area contributed by atoms with E-state index in [1.807, 2.05) is 0 Å². The average Bonchev–Trinajstić information content (AvgIpc) is 3.47. The van der Waals surface area contributed by atoms with Crippen LogP contribution in [0.1, 0.15) is 22.3 Å². The van der Waals surface area contributed by atoms with Crippen molar-refractivity contribution in [3.8, 4) is 0 Å². The van der Waals surface area contributed by atoms with Crippen molar-refractivity contribution < 1.29 is 0 Å². The Hall–Kier alpha value is -4.16. The second-order valence-corrected chi connectivity index (χ2v) is 8.58. The highest BCUT2D eigenvalue weighted by atomic mass is 14.2. The number of rotatable bonds is 0. The van der Waals surface area contributed by atoms with Gasteiger partial charge in [0.1, 0.15) is 0 Å². The summed E-state index contributed by atoms with van der Waals surface area (Å²) in [6.45, 7) is 0. The molecule has 0 heteroatoms. The van der Waals surface area contributed by atoms with Crippen molar-refractivity contribution in [2.24, 2.45) is 0 Å². The van der Waals surface area contributed by atoms with Crippen LogP contribution in [0.4, 0.5) is 0 Å². The standard InChI is InChI=1S/2C16H10/c2*1-2-7-14-12(4-1)10-13-6-3-5-11-8-9-15(14)16(11)13/h2*1-10H. The van der Waals surface area contributed by atoms with Crippen molar-refractivity contribution in [1.82, 2.24) is 0 Å². The summed E-state index contributed by atoms with van der Waals surface area (Å²) in [5.41, 5.74) is 5.45. The molecule has 0 bridgehead atoms. The first kappa shape index (κ1) is 17.5. The molecule has 6 aromatic carbocycles. The summed E-state index contributed by atoms with van der Waals surface area (Å²) in [6.07, 6.45) is 8.90.